The smallest absolute Gasteiger partial charge is 0.337 e. The summed E-state index contributed by atoms with van der Waals surface area (Å²) in [6.07, 6.45) is 9.84. The molecular weight excluding hydrogens is 444 g/mol. The van der Waals surface area contributed by atoms with E-state index in [4.69, 9.17) is 14.2 Å². The first-order valence-electron chi connectivity index (χ1n) is 13.6. The number of esters is 3. The van der Waals surface area contributed by atoms with Crippen LogP contribution < -0.4 is 0 Å². The zero-order valence-corrected chi connectivity index (χ0v) is 22.3. The molecule has 8 atom stereocenters. The van der Waals surface area contributed by atoms with E-state index in [0.717, 1.165) is 38.5 Å². The van der Waals surface area contributed by atoms with E-state index in [1.165, 1.54) is 26.7 Å². The van der Waals surface area contributed by atoms with Gasteiger partial charge in [-0.15, -0.1) is 0 Å². The molecule has 6 heteroatoms. The molecule has 194 valence electrons. The van der Waals surface area contributed by atoms with Crippen LogP contribution in [0.2, 0.25) is 0 Å². The van der Waals surface area contributed by atoms with Crippen molar-refractivity contribution in [2.45, 2.75) is 99.2 Å². The summed E-state index contributed by atoms with van der Waals surface area (Å²) >= 11 is 0. The van der Waals surface area contributed by atoms with Gasteiger partial charge in [-0.3, -0.25) is 9.59 Å². The van der Waals surface area contributed by atoms with Crippen LogP contribution in [0.25, 0.3) is 0 Å². The van der Waals surface area contributed by atoms with Crippen LogP contribution >= 0.6 is 0 Å². The minimum atomic E-state index is -0.834. The van der Waals surface area contributed by atoms with Crippen molar-refractivity contribution in [2.75, 3.05) is 6.61 Å². The Kier molecular flexibility index (Phi) is 5.73. The van der Waals surface area contributed by atoms with Crippen molar-refractivity contribution >= 4 is 17.9 Å². The van der Waals surface area contributed by atoms with E-state index in [1.54, 1.807) is 0 Å². The third-order valence-corrected chi connectivity index (χ3v) is 11.3. The lowest BCUT2D eigenvalue weighted by Gasteiger charge is -2.69. The lowest BCUT2D eigenvalue weighted by molar-refractivity contribution is -0.233. The van der Waals surface area contributed by atoms with Crippen molar-refractivity contribution in [3.05, 3.63) is 11.6 Å². The summed E-state index contributed by atoms with van der Waals surface area (Å²) in [4.78, 5) is 36.6. The maximum absolute atomic E-state index is 12.7. The number of hydrogen-bond acceptors (Lipinski definition) is 6. The molecule has 6 nitrogen and oxygen atoms in total. The summed E-state index contributed by atoms with van der Waals surface area (Å²) in [5.41, 5.74) is 0.765. The standard InChI is InChI=1S/C29H42O6/c1-17(30)33-16-29-13-7-12-26(3,4)20(29)10-14-27(5)21-9-8-19-23(28(21,6)15-11-22(27)29)25(34-18(2)31)35-24(19)32/h8,20-23,25H,7,9-16H2,1-6H3/t20-,21-,22-,23+,25+,27-,28-,29+/m0/s1. The molecule has 0 unspecified atom stereocenters. The summed E-state index contributed by atoms with van der Waals surface area (Å²) in [6.45, 7) is 13.0. The molecule has 0 amide bonds. The fourth-order valence-electron chi connectivity index (χ4n) is 10.1. The molecular formula is C29H42O6. The van der Waals surface area contributed by atoms with Crippen molar-refractivity contribution in [1.29, 1.82) is 0 Å². The lowest BCUT2D eigenvalue weighted by atomic mass is 9.35. The SMILES string of the molecule is CC(=O)OC[C@]12CCCC(C)(C)[C@@H]1CC[C@@]1(C)[C@@H]3CC=C4C(=O)O[C@@H](OC(C)=O)[C@@H]4[C@@]3(C)CC[C@@H]12. The van der Waals surface area contributed by atoms with Gasteiger partial charge in [0.25, 0.3) is 6.29 Å². The molecule has 5 rings (SSSR count). The van der Waals surface area contributed by atoms with Crippen LogP contribution in [0.5, 0.6) is 0 Å². The number of cyclic esters (lactones) is 1. The van der Waals surface area contributed by atoms with E-state index in [9.17, 15) is 14.4 Å². The van der Waals surface area contributed by atoms with Crippen molar-refractivity contribution in [2.24, 2.45) is 45.3 Å². The highest BCUT2D eigenvalue weighted by atomic mass is 16.7. The van der Waals surface area contributed by atoms with Gasteiger partial charge in [-0.05, 0) is 78.9 Å². The summed E-state index contributed by atoms with van der Waals surface area (Å²) < 4.78 is 17.0. The van der Waals surface area contributed by atoms with Gasteiger partial charge in [-0.25, -0.2) is 4.79 Å². The largest absolute Gasteiger partial charge is 0.465 e. The highest BCUT2D eigenvalue weighted by Crippen LogP contribution is 2.73. The molecule has 0 aromatic rings. The molecule has 4 fully saturated rings. The molecule has 0 bridgehead atoms. The van der Waals surface area contributed by atoms with Crippen LogP contribution in [0.15, 0.2) is 11.6 Å². The predicted molar refractivity (Wildman–Crippen MR) is 130 cm³/mol. The van der Waals surface area contributed by atoms with Gasteiger partial charge < -0.3 is 14.2 Å². The van der Waals surface area contributed by atoms with Crippen LogP contribution in [-0.4, -0.2) is 30.8 Å². The topological polar surface area (TPSA) is 78.9 Å². The molecule has 0 aromatic carbocycles. The summed E-state index contributed by atoms with van der Waals surface area (Å²) in [5, 5.41) is 0. The second-order valence-corrected chi connectivity index (χ2v) is 13.4. The Morgan fingerprint density at radius 3 is 2.31 bits per heavy atom. The van der Waals surface area contributed by atoms with Crippen LogP contribution in [0.3, 0.4) is 0 Å². The van der Waals surface area contributed by atoms with Gasteiger partial charge in [0.2, 0.25) is 0 Å². The minimum absolute atomic E-state index is 0.0109. The average molecular weight is 487 g/mol. The van der Waals surface area contributed by atoms with Crippen LogP contribution in [0.1, 0.15) is 92.9 Å². The molecule has 1 aliphatic heterocycles. The maximum atomic E-state index is 12.7. The zero-order chi connectivity index (χ0) is 25.4. The molecule has 35 heavy (non-hydrogen) atoms. The Bertz CT molecular complexity index is 966. The first-order valence-corrected chi connectivity index (χ1v) is 13.6. The number of fused-ring (bicyclic) bond motifs is 7. The molecule has 3 saturated carbocycles. The number of rotatable bonds is 3. The highest BCUT2D eigenvalue weighted by Gasteiger charge is 2.69. The summed E-state index contributed by atoms with van der Waals surface area (Å²) in [7, 11) is 0. The fourth-order valence-corrected chi connectivity index (χ4v) is 10.1. The monoisotopic (exact) mass is 486 g/mol. The van der Waals surface area contributed by atoms with E-state index >= 15 is 0 Å². The number of hydrogen-bond donors (Lipinski definition) is 0. The Morgan fingerprint density at radius 2 is 1.63 bits per heavy atom. The first kappa shape index (κ1) is 24.8. The summed E-state index contributed by atoms with van der Waals surface area (Å²) in [5.74, 6) is 0.162. The molecule has 1 heterocycles. The normalized spacial score (nSPS) is 45.6. The van der Waals surface area contributed by atoms with E-state index in [2.05, 4.69) is 33.8 Å². The Labute approximate surface area is 209 Å². The van der Waals surface area contributed by atoms with Crippen LogP contribution in [0.4, 0.5) is 0 Å². The third kappa shape index (κ3) is 3.52. The molecule has 5 aliphatic rings. The van der Waals surface area contributed by atoms with Gasteiger partial charge in [0.05, 0.1) is 12.5 Å². The van der Waals surface area contributed by atoms with Gasteiger partial charge in [-0.1, -0.05) is 40.2 Å². The fraction of sp³-hybridized carbons (Fsp3) is 0.828. The average Bonchev–Trinajstić information content (AvgIpc) is 3.07. The van der Waals surface area contributed by atoms with Gasteiger partial charge in [-0.2, -0.15) is 0 Å². The van der Waals surface area contributed by atoms with Gasteiger partial charge in [0, 0.05) is 24.8 Å². The minimum Gasteiger partial charge on any atom is -0.465 e. The van der Waals surface area contributed by atoms with Gasteiger partial charge in [0.15, 0.2) is 0 Å². The molecule has 0 spiro atoms. The van der Waals surface area contributed by atoms with E-state index in [0.29, 0.717) is 29.9 Å². The first-order chi connectivity index (χ1) is 16.3. The van der Waals surface area contributed by atoms with Gasteiger partial charge >= 0.3 is 17.9 Å². The number of carbonyl (C=O) groups is 3. The van der Waals surface area contributed by atoms with E-state index < -0.39 is 12.3 Å². The molecule has 4 aliphatic carbocycles. The number of carbonyl (C=O) groups excluding carboxylic acids is 3. The maximum Gasteiger partial charge on any atom is 0.337 e. The molecule has 0 aromatic heterocycles. The van der Waals surface area contributed by atoms with Crippen LogP contribution in [-0.2, 0) is 28.6 Å². The number of ether oxygens (including phenoxy) is 3. The number of allylic oxidation sites excluding steroid dienone is 1. The van der Waals surface area contributed by atoms with Crippen molar-refractivity contribution in [1.82, 2.24) is 0 Å². The van der Waals surface area contributed by atoms with Crippen molar-refractivity contribution < 1.29 is 28.6 Å². The predicted octanol–water partition coefficient (Wildman–Crippen LogP) is 5.59. The lowest BCUT2D eigenvalue weighted by Crippen LogP contribution is -2.65. The zero-order valence-electron chi connectivity index (χ0n) is 22.3. The molecule has 0 N–H and O–H groups in total. The molecule has 1 saturated heterocycles. The van der Waals surface area contributed by atoms with E-state index in [-0.39, 0.29) is 39.5 Å². The third-order valence-electron chi connectivity index (χ3n) is 11.3. The van der Waals surface area contributed by atoms with E-state index in [1.807, 2.05) is 0 Å². The second kappa shape index (κ2) is 8.08. The Hall–Kier alpha value is -1.85. The second-order valence-electron chi connectivity index (χ2n) is 13.4. The highest BCUT2D eigenvalue weighted by molar-refractivity contribution is 5.92. The summed E-state index contributed by atoms with van der Waals surface area (Å²) in [6, 6.07) is 0. The quantitative estimate of drug-likeness (QED) is 0.484. The van der Waals surface area contributed by atoms with Crippen molar-refractivity contribution in [3.8, 4) is 0 Å². The Morgan fingerprint density at radius 1 is 0.943 bits per heavy atom. The Balaban J connectivity index is 1.56. The van der Waals surface area contributed by atoms with Gasteiger partial charge in [0.1, 0.15) is 0 Å². The van der Waals surface area contributed by atoms with Crippen molar-refractivity contribution in [3.63, 3.8) is 0 Å². The van der Waals surface area contributed by atoms with Crippen LogP contribution in [0, 0.1) is 45.3 Å². The molecule has 0 radical (unpaired) electrons.